The van der Waals surface area contributed by atoms with Crippen molar-refractivity contribution in [3.63, 3.8) is 0 Å². The summed E-state index contributed by atoms with van der Waals surface area (Å²) in [6.45, 7) is 11.0. The van der Waals surface area contributed by atoms with Gasteiger partial charge in [-0.25, -0.2) is 13.9 Å². The zero-order chi connectivity index (χ0) is 32.4. The first-order valence-electron chi connectivity index (χ1n) is 17.2. The van der Waals surface area contributed by atoms with E-state index in [0.29, 0.717) is 41.2 Å². The highest BCUT2D eigenvalue weighted by Gasteiger charge is 2.40. The van der Waals surface area contributed by atoms with Gasteiger partial charge in [-0.2, -0.15) is 11.8 Å². The lowest BCUT2D eigenvalue weighted by atomic mass is 9.75. The topological polar surface area (TPSA) is 73.4 Å². The van der Waals surface area contributed by atoms with Crippen LogP contribution in [0.1, 0.15) is 72.1 Å². The molecule has 3 heterocycles. The fourth-order valence-electron chi connectivity index (χ4n) is 7.98. The summed E-state index contributed by atoms with van der Waals surface area (Å²) in [5.41, 5.74) is 4.13. The average Bonchev–Trinajstić information content (AvgIpc) is 3.66. The number of aromatic nitrogens is 2. The smallest absolute Gasteiger partial charge is 0.348 e. The van der Waals surface area contributed by atoms with Crippen molar-refractivity contribution in [2.75, 3.05) is 5.75 Å². The van der Waals surface area contributed by atoms with Crippen LogP contribution >= 0.6 is 11.8 Å². The van der Waals surface area contributed by atoms with Gasteiger partial charge in [0.25, 0.3) is 5.82 Å². The van der Waals surface area contributed by atoms with E-state index in [2.05, 4.69) is 59.6 Å². The van der Waals surface area contributed by atoms with Gasteiger partial charge >= 0.3 is 11.9 Å². The fourth-order valence-corrected chi connectivity index (χ4v) is 9.63. The van der Waals surface area contributed by atoms with E-state index in [1.807, 2.05) is 49.5 Å². The van der Waals surface area contributed by atoms with Crippen molar-refractivity contribution in [3.05, 3.63) is 60.8 Å². The van der Waals surface area contributed by atoms with Gasteiger partial charge in [0, 0.05) is 23.4 Å². The number of fused-ring (bicyclic) bond motifs is 2. The minimum Gasteiger partial charge on any atom is -0.459 e. The highest BCUT2D eigenvalue weighted by Crippen LogP contribution is 2.41. The fraction of sp³-hybridized carbons (Fsp3) is 0.553. The van der Waals surface area contributed by atoms with Crippen LogP contribution in [0, 0.1) is 23.7 Å². The Morgan fingerprint density at radius 1 is 1.09 bits per heavy atom. The summed E-state index contributed by atoms with van der Waals surface area (Å²) in [7, 11) is 2.02. The maximum absolute atomic E-state index is 13.5. The lowest BCUT2D eigenvalue weighted by Crippen LogP contribution is -2.37. The van der Waals surface area contributed by atoms with Crippen LogP contribution in [0.3, 0.4) is 0 Å². The van der Waals surface area contributed by atoms with Crippen LogP contribution < -0.4 is 14.6 Å². The van der Waals surface area contributed by atoms with E-state index in [1.165, 1.54) is 17.9 Å². The number of para-hydroxylation sites is 2. The number of allylic oxidation sites excluding steroid dienone is 1. The molecule has 0 amide bonds. The van der Waals surface area contributed by atoms with Crippen molar-refractivity contribution in [1.82, 2.24) is 9.88 Å². The highest BCUT2D eigenvalue weighted by atomic mass is 32.2. The van der Waals surface area contributed by atoms with Gasteiger partial charge < -0.3 is 14.8 Å². The average molecular weight is 645 g/mol. The van der Waals surface area contributed by atoms with Crippen LogP contribution in [0.5, 0.6) is 5.75 Å². The number of nitrogens with zero attached hydrogens (tertiary/aromatic N) is 2. The van der Waals surface area contributed by atoms with E-state index in [4.69, 9.17) is 9.47 Å². The third-order valence-electron chi connectivity index (χ3n) is 10.4. The van der Waals surface area contributed by atoms with E-state index < -0.39 is 0 Å². The highest BCUT2D eigenvalue weighted by molar-refractivity contribution is 8.00. The van der Waals surface area contributed by atoms with Gasteiger partial charge in [0.1, 0.15) is 11.9 Å². The largest absolute Gasteiger partial charge is 0.459 e. The van der Waals surface area contributed by atoms with E-state index >= 15 is 0 Å². The number of imidazole rings is 1. The predicted octanol–water partition coefficient (Wildman–Crippen LogP) is 7.21. The molecule has 1 N–H and O–H groups in total. The minimum absolute atomic E-state index is 0.0389. The Labute approximate surface area is 278 Å². The molecule has 2 aromatic carbocycles. The van der Waals surface area contributed by atoms with E-state index in [-0.39, 0.29) is 24.6 Å². The molecule has 2 saturated heterocycles. The van der Waals surface area contributed by atoms with Crippen molar-refractivity contribution in [2.24, 2.45) is 30.7 Å². The molecular formula is C38H50N3O4S+. The van der Waals surface area contributed by atoms with E-state index in [9.17, 15) is 9.59 Å². The summed E-state index contributed by atoms with van der Waals surface area (Å²) in [5, 5.41) is 4.19. The standard InChI is InChI=1S/C38H50N3O4S/c1-24(2)30-19-14-25(3)20-33(30)45-36(43)22-41-32-11-7-6-10-31(32)40(5)38(41)27-15-17-29(18-16-27)44-35(42)13-9-8-12-34-37-28(23-46-34)21-26(4)39-37/h6-7,10-11,15-18,24-25,28,30,33-34,37,39H,4,8-9,12-14,19-23H2,1-3,5H3/q+1/t25-,28-,30+,33?,34?,37-/m1/s1. The Kier molecular flexibility index (Phi) is 10.1. The first-order valence-corrected chi connectivity index (χ1v) is 18.3. The Hall–Kier alpha value is -3.26. The molecule has 1 aliphatic carbocycles. The number of hydrogen-bond acceptors (Lipinski definition) is 6. The molecule has 6 rings (SSSR count). The molecule has 0 spiro atoms. The van der Waals surface area contributed by atoms with Gasteiger partial charge in [0.05, 0.1) is 12.6 Å². The van der Waals surface area contributed by atoms with Gasteiger partial charge in [0.2, 0.25) is 0 Å². The van der Waals surface area contributed by atoms with E-state index in [1.54, 1.807) is 0 Å². The van der Waals surface area contributed by atoms with Gasteiger partial charge in [-0.15, -0.1) is 0 Å². The molecule has 6 atom stereocenters. The summed E-state index contributed by atoms with van der Waals surface area (Å²) in [6, 6.07) is 16.3. The number of ether oxygens (including phenoxy) is 2. The molecule has 2 unspecified atom stereocenters. The van der Waals surface area contributed by atoms with Crippen molar-refractivity contribution >= 4 is 34.7 Å². The molecule has 0 radical (unpaired) electrons. The SMILES string of the molecule is C=C1C[C@@H]2CSC(CCCCC(=O)Oc3ccc(-c4n(CC(=O)OC5C[C@H](C)CC[C@H]5C(C)C)c5ccccc5[n+]4C)cc3)[C@@H]2N1. The number of rotatable bonds is 11. The summed E-state index contributed by atoms with van der Waals surface area (Å²) in [4.78, 5) is 26.2. The van der Waals surface area contributed by atoms with E-state index in [0.717, 1.165) is 66.9 Å². The molecule has 1 aromatic heterocycles. The Balaban J connectivity index is 1.08. The van der Waals surface area contributed by atoms with Crippen molar-refractivity contribution in [1.29, 1.82) is 0 Å². The number of hydrogen-bond donors (Lipinski definition) is 1. The summed E-state index contributed by atoms with van der Waals surface area (Å²) < 4.78 is 16.1. The Morgan fingerprint density at radius 3 is 2.65 bits per heavy atom. The molecule has 8 heteroatoms. The summed E-state index contributed by atoms with van der Waals surface area (Å²) in [5.74, 6) is 4.41. The summed E-state index contributed by atoms with van der Waals surface area (Å²) >= 11 is 2.06. The second kappa shape index (κ2) is 14.2. The number of esters is 2. The first-order chi connectivity index (χ1) is 22.2. The summed E-state index contributed by atoms with van der Waals surface area (Å²) in [6.07, 6.45) is 7.67. The van der Waals surface area contributed by atoms with Crippen LogP contribution in [0.25, 0.3) is 22.4 Å². The number of thioether (sulfide) groups is 1. The zero-order valence-corrected chi connectivity index (χ0v) is 28.7. The molecule has 3 aromatic rings. The minimum atomic E-state index is -0.200. The Bertz CT molecular complexity index is 1560. The molecule has 3 fully saturated rings. The molecule has 0 bridgehead atoms. The second-order valence-corrected chi connectivity index (χ2v) is 15.4. The Morgan fingerprint density at radius 2 is 1.87 bits per heavy atom. The quantitative estimate of drug-likeness (QED) is 0.103. The number of carbonyl (C=O) groups is 2. The lowest BCUT2D eigenvalue weighted by molar-refractivity contribution is -0.634. The van der Waals surface area contributed by atoms with Crippen molar-refractivity contribution < 1.29 is 23.6 Å². The number of unbranched alkanes of at least 4 members (excludes halogenated alkanes) is 1. The molecule has 1 saturated carbocycles. The normalized spacial score (nSPS) is 25.9. The number of nitrogens with one attached hydrogen (secondary N) is 1. The third kappa shape index (κ3) is 7.17. The van der Waals surface area contributed by atoms with Crippen molar-refractivity contribution in [2.45, 2.75) is 96.1 Å². The van der Waals surface area contributed by atoms with Gasteiger partial charge in [0.15, 0.2) is 17.6 Å². The van der Waals surface area contributed by atoms with Crippen LogP contribution in [0.4, 0.5) is 0 Å². The van der Waals surface area contributed by atoms with Crippen molar-refractivity contribution in [3.8, 4) is 17.1 Å². The van der Waals surface area contributed by atoms with Crippen LogP contribution in [-0.2, 0) is 27.9 Å². The number of carbonyl (C=O) groups excluding carboxylic acids is 2. The molecule has 46 heavy (non-hydrogen) atoms. The second-order valence-electron chi connectivity index (χ2n) is 14.2. The molecule has 7 nitrogen and oxygen atoms in total. The monoisotopic (exact) mass is 644 g/mol. The molecule has 246 valence electrons. The number of benzene rings is 2. The predicted molar refractivity (Wildman–Crippen MR) is 184 cm³/mol. The van der Waals surface area contributed by atoms with Gasteiger partial charge in [-0.3, -0.25) is 4.79 Å². The first kappa shape index (κ1) is 32.7. The van der Waals surface area contributed by atoms with Gasteiger partial charge in [-0.05, 0) is 97.9 Å². The lowest BCUT2D eigenvalue weighted by Gasteiger charge is -2.36. The van der Waals surface area contributed by atoms with Gasteiger partial charge in [-0.1, -0.05) is 52.3 Å². The van der Waals surface area contributed by atoms with Crippen LogP contribution in [-0.4, -0.2) is 39.7 Å². The molecular weight excluding hydrogens is 595 g/mol. The third-order valence-corrected chi connectivity index (χ3v) is 12.0. The molecule has 2 aliphatic heterocycles. The zero-order valence-electron chi connectivity index (χ0n) is 27.9. The van der Waals surface area contributed by atoms with Crippen LogP contribution in [0.15, 0.2) is 60.8 Å². The number of aryl methyl sites for hydroxylation is 1. The maximum Gasteiger partial charge on any atom is 0.348 e. The van der Waals surface area contributed by atoms with Crippen LogP contribution in [0.2, 0.25) is 0 Å². The molecule has 3 aliphatic rings. The maximum atomic E-state index is 13.5.